The Morgan fingerprint density at radius 3 is 2.50 bits per heavy atom. The largest absolute Gasteiger partial charge is 0.493 e. The second kappa shape index (κ2) is 13.1. The van der Waals surface area contributed by atoms with Gasteiger partial charge in [-0.05, 0) is 54.5 Å². The van der Waals surface area contributed by atoms with E-state index in [2.05, 4.69) is 16.0 Å². The minimum atomic E-state index is -0.418. The highest BCUT2D eigenvalue weighted by Crippen LogP contribution is 2.27. The predicted octanol–water partition coefficient (Wildman–Crippen LogP) is 3.00. The molecule has 2 amide bonds. The molecule has 0 atom stereocenters. The average molecular weight is 458 g/mol. The Hall–Kier alpha value is -3.43. The first-order valence-corrected chi connectivity index (χ1v) is 10.3. The molecule has 170 valence electrons. The van der Waals surface area contributed by atoms with Crippen molar-refractivity contribution in [3.63, 3.8) is 0 Å². The lowest BCUT2D eigenvalue weighted by Gasteiger charge is -2.13. The Labute approximate surface area is 192 Å². The molecule has 0 unspecified atom stereocenters. The Bertz CT molecular complexity index is 978. The number of carbonyl (C=O) groups is 2. The van der Waals surface area contributed by atoms with E-state index in [0.29, 0.717) is 42.3 Å². The van der Waals surface area contributed by atoms with Crippen molar-refractivity contribution < 1.29 is 23.8 Å². The third kappa shape index (κ3) is 7.68. The number of thiocarbonyl (C=S) groups is 1. The molecule has 3 N–H and O–H groups in total. The van der Waals surface area contributed by atoms with E-state index in [1.807, 2.05) is 0 Å². The van der Waals surface area contributed by atoms with E-state index in [0.717, 1.165) is 5.56 Å². The Balaban J connectivity index is 1.95. The molecule has 9 heteroatoms. The maximum atomic E-state index is 12.4. The molecule has 0 aliphatic heterocycles. The maximum absolute atomic E-state index is 12.4. The first-order valence-electron chi connectivity index (χ1n) is 9.86. The van der Waals surface area contributed by atoms with Gasteiger partial charge in [-0.1, -0.05) is 18.2 Å². The summed E-state index contributed by atoms with van der Waals surface area (Å²) in [5, 5.41) is 8.37. The van der Waals surface area contributed by atoms with Crippen molar-refractivity contribution >= 4 is 40.9 Å². The number of nitrogens with one attached hydrogen (secondary N) is 3. The number of methoxy groups -OCH3 is 3. The first-order chi connectivity index (χ1) is 15.5. The molecule has 0 bridgehead atoms. The van der Waals surface area contributed by atoms with Crippen LogP contribution in [0.2, 0.25) is 0 Å². The summed E-state index contributed by atoms with van der Waals surface area (Å²) in [5.41, 5.74) is 1.67. The SMILES string of the molecule is COCCCNC(=O)c1ccccc1NC(=S)NC(=O)/C=C/c1ccc(OC)c(OC)c1. The highest BCUT2D eigenvalue weighted by atomic mass is 32.1. The molecule has 0 saturated heterocycles. The molecule has 0 aliphatic rings. The number of carbonyl (C=O) groups excluding carboxylic acids is 2. The van der Waals surface area contributed by atoms with Gasteiger partial charge in [0.1, 0.15) is 0 Å². The van der Waals surface area contributed by atoms with Gasteiger partial charge in [-0.2, -0.15) is 0 Å². The van der Waals surface area contributed by atoms with Crippen LogP contribution in [-0.4, -0.2) is 51.4 Å². The zero-order valence-electron chi connectivity index (χ0n) is 18.3. The summed E-state index contributed by atoms with van der Waals surface area (Å²) in [5.74, 6) is 0.496. The fourth-order valence-corrected chi connectivity index (χ4v) is 2.95. The summed E-state index contributed by atoms with van der Waals surface area (Å²) >= 11 is 5.22. The molecule has 32 heavy (non-hydrogen) atoms. The highest BCUT2D eigenvalue weighted by molar-refractivity contribution is 7.80. The van der Waals surface area contributed by atoms with Crippen LogP contribution in [0.5, 0.6) is 11.5 Å². The van der Waals surface area contributed by atoms with Crippen molar-refractivity contribution in [2.24, 2.45) is 0 Å². The van der Waals surface area contributed by atoms with Gasteiger partial charge in [-0.25, -0.2) is 0 Å². The van der Waals surface area contributed by atoms with E-state index >= 15 is 0 Å². The molecular formula is C23H27N3O5S. The van der Waals surface area contributed by atoms with Crippen LogP contribution in [0.15, 0.2) is 48.5 Å². The fourth-order valence-electron chi connectivity index (χ4n) is 2.74. The zero-order valence-corrected chi connectivity index (χ0v) is 19.1. The van der Waals surface area contributed by atoms with Gasteiger partial charge in [0.25, 0.3) is 5.91 Å². The molecule has 0 heterocycles. The summed E-state index contributed by atoms with van der Waals surface area (Å²) < 4.78 is 15.4. The summed E-state index contributed by atoms with van der Waals surface area (Å²) in [7, 11) is 4.71. The van der Waals surface area contributed by atoms with Crippen molar-refractivity contribution in [3.05, 3.63) is 59.7 Å². The van der Waals surface area contributed by atoms with Crippen LogP contribution >= 0.6 is 12.2 Å². The summed E-state index contributed by atoms with van der Waals surface area (Å²) in [6, 6.07) is 12.2. The van der Waals surface area contributed by atoms with Crippen LogP contribution in [0.4, 0.5) is 5.69 Å². The van der Waals surface area contributed by atoms with Crippen molar-refractivity contribution in [2.75, 3.05) is 39.8 Å². The fraction of sp³-hybridized carbons (Fsp3) is 0.261. The summed E-state index contributed by atoms with van der Waals surface area (Å²) in [4.78, 5) is 24.7. The lowest BCUT2D eigenvalue weighted by molar-refractivity contribution is -0.115. The second-order valence-corrected chi connectivity index (χ2v) is 6.95. The number of hydrogen-bond donors (Lipinski definition) is 3. The molecule has 2 aromatic carbocycles. The first kappa shape index (κ1) is 24.8. The summed E-state index contributed by atoms with van der Waals surface area (Å²) in [6.07, 6.45) is 3.68. The van der Waals surface area contributed by atoms with E-state index in [-0.39, 0.29) is 11.0 Å². The smallest absolute Gasteiger partial charge is 0.253 e. The van der Waals surface area contributed by atoms with Crippen molar-refractivity contribution in [3.8, 4) is 11.5 Å². The summed E-state index contributed by atoms with van der Waals surface area (Å²) in [6.45, 7) is 1.05. The quantitative estimate of drug-likeness (QED) is 0.287. The van der Waals surface area contributed by atoms with E-state index in [1.54, 1.807) is 69.9 Å². The Morgan fingerprint density at radius 2 is 1.78 bits per heavy atom. The molecule has 0 spiro atoms. The van der Waals surface area contributed by atoms with E-state index in [9.17, 15) is 9.59 Å². The second-order valence-electron chi connectivity index (χ2n) is 6.54. The van der Waals surface area contributed by atoms with E-state index < -0.39 is 5.91 Å². The van der Waals surface area contributed by atoms with Crippen molar-refractivity contribution in [1.29, 1.82) is 0 Å². The predicted molar refractivity (Wildman–Crippen MR) is 128 cm³/mol. The molecule has 2 aromatic rings. The number of rotatable bonds is 10. The van der Waals surface area contributed by atoms with Gasteiger partial charge in [0.15, 0.2) is 16.6 Å². The highest BCUT2D eigenvalue weighted by Gasteiger charge is 2.12. The van der Waals surface area contributed by atoms with Crippen LogP contribution in [-0.2, 0) is 9.53 Å². The van der Waals surface area contributed by atoms with Gasteiger partial charge in [0, 0.05) is 26.3 Å². The van der Waals surface area contributed by atoms with Gasteiger partial charge >= 0.3 is 0 Å². The molecule has 0 fully saturated rings. The monoisotopic (exact) mass is 457 g/mol. The molecular weight excluding hydrogens is 430 g/mol. The molecule has 2 rings (SSSR count). The molecule has 0 saturated carbocycles. The number of anilines is 1. The van der Waals surface area contributed by atoms with Crippen LogP contribution in [0.3, 0.4) is 0 Å². The van der Waals surface area contributed by atoms with Crippen molar-refractivity contribution in [2.45, 2.75) is 6.42 Å². The topological polar surface area (TPSA) is 97.9 Å². The lowest BCUT2D eigenvalue weighted by Crippen LogP contribution is -2.34. The third-order valence-electron chi connectivity index (χ3n) is 4.30. The number of benzene rings is 2. The van der Waals surface area contributed by atoms with Gasteiger partial charge in [0.2, 0.25) is 5.91 Å². The minimum Gasteiger partial charge on any atom is -0.493 e. The number of para-hydroxylation sites is 1. The van der Waals surface area contributed by atoms with E-state index in [1.165, 1.54) is 6.08 Å². The van der Waals surface area contributed by atoms with Crippen LogP contribution in [0.1, 0.15) is 22.3 Å². The Kier molecular flexibility index (Phi) is 10.2. The standard InChI is InChI=1S/C23H27N3O5S/c1-29-14-6-13-24-22(28)17-7-4-5-8-18(17)25-23(32)26-21(27)12-10-16-9-11-19(30-2)20(15-16)31-3/h4-5,7-12,15H,6,13-14H2,1-3H3,(H,24,28)(H2,25,26,27,32)/b12-10+. The third-order valence-corrected chi connectivity index (χ3v) is 4.51. The van der Waals surface area contributed by atoms with Crippen LogP contribution < -0.4 is 25.4 Å². The van der Waals surface area contributed by atoms with Gasteiger partial charge < -0.3 is 24.8 Å². The maximum Gasteiger partial charge on any atom is 0.253 e. The average Bonchev–Trinajstić information content (AvgIpc) is 2.80. The van der Waals surface area contributed by atoms with Crippen LogP contribution in [0.25, 0.3) is 6.08 Å². The number of amides is 2. The number of hydrogen-bond acceptors (Lipinski definition) is 6. The van der Waals surface area contributed by atoms with Crippen LogP contribution in [0, 0.1) is 0 Å². The zero-order chi connectivity index (χ0) is 23.3. The molecule has 8 nitrogen and oxygen atoms in total. The molecule has 0 aliphatic carbocycles. The number of ether oxygens (including phenoxy) is 3. The molecule has 0 radical (unpaired) electrons. The lowest BCUT2D eigenvalue weighted by atomic mass is 10.1. The minimum absolute atomic E-state index is 0.0756. The van der Waals surface area contributed by atoms with Gasteiger partial charge in [-0.15, -0.1) is 0 Å². The normalized spacial score (nSPS) is 10.5. The van der Waals surface area contributed by atoms with Gasteiger partial charge in [-0.3, -0.25) is 14.9 Å². The van der Waals surface area contributed by atoms with Gasteiger partial charge in [0.05, 0.1) is 25.5 Å². The van der Waals surface area contributed by atoms with Crippen molar-refractivity contribution in [1.82, 2.24) is 10.6 Å². The molecule has 0 aromatic heterocycles. The van der Waals surface area contributed by atoms with E-state index in [4.69, 9.17) is 26.4 Å². The Morgan fingerprint density at radius 1 is 1.03 bits per heavy atom.